The number of nitrogens with two attached hydrogens (primary N) is 1. The van der Waals surface area contributed by atoms with Crippen LogP contribution in [0.4, 0.5) is 0 Å². The predicted molar refractivity (Wildman–Crippen MR) is 73.9 cm³/mol. The van der Waals surface area contributed by atoms with Gasteiger partial charge in [-0.1, -0.05) is 42.1 Å². The fourth-order valence-electron chi connectivity index (χ4n) is 1.67. The number of carboxylic acids is 1. The van der Waals surface area contributed by atoms with Crippen molar-refractivity contribution in [1.29, 1.82) is 0 Å². The van der Waals surface area contributed by atoms with Crippen LogP contribution in [0.3, 0.4) is 0 Å². The number of carbonyl (C=O) groups is 1. The van der Waals surface area contributed by atoms with Crippen LogP contribution in [-0.4, -0.2) is 26.4 Å². The topological polar surface area (TPSA) is 81.1 Å². The molecule has 0 amide bonds. The molecule has 6 heteroatoms. The van der Waals surface area contributed by atoms with Gasteiger partial charge in [-0.2, -0.15) is 0 Å². The summed E-state index contributed by atoms with van der Waals surface area (Å²) < 4.78 is 1.83. The average Bonchev–Trinajstić information content (AvgIpc) is 2.82. The highest BCUT2D eigenvalue weighted by Gasteiger charge is 2.36. The van der Waals surface area contributed by atoms with Gasteiger partial charge in [0, 0.05) is 25.2 Å². The number of benzene rings is 1. The lowest BCUT2D eigenvalue weighted by Crippen LogP contribution is -2.47. The first-order chi connectivity index (χ1) is 9.04. The number of imidazole rings is 1. The zero-order valence-electron chi connectivity index (χ0n) is 10.5. The highest BCUT2D eigenvalue weighted by Crippen LogP contribution is 2.27. The normalized spacial score (nSPS) is 14.0. The second kappa shape index (κ2) is 5.46. The van der Waals surface area contributed by atoms with Crippen molar-refractivity contribution in [1.82, 2.24) is 9.55 Å². The number of hydrogen-bond acceptors (Lipinski definition) is 4. The lowest BCUT2D eigenvalue weighted by molar-refractivity contribution is -0.142. The number of aliphatic carboxylic acids is 1. The van der Waals surface area contributed by atoms with Gasteiger partial charge in [0.2, 0.25) is 0 Å². The Bertz CT molecular complexity index is 570. The maximum absolute atomic E-state index is 11.5. The smallest absolute Gasteiger partial charge is 0.329 e. The van der Waals surface area contributed by atoms with Gasteiger partial charge in [0.05, 0.1) is 0 Å². The molecule has 0 spiro atoms. The number of thioether (sulfide) groups is 1. The highest BCUT2D eigenvalue weighted by molar-refractivity contribution is 7.99. The van der Waals surface area contributed by atoms with E-state index in [2.05, 4.69) is 4.98 Å². The molecule has 0 aliphatic rings. The van der Waals surface area contributed by atoms with Gasteiger partial charge in [-0.05, 0) is 5.56 Å². The van der Waals surface area contributed by atoms with E-state index in [1.165, 1.54) is 11.8 Å². The Balaban J connectivity index is 2.22. The van der Waals surface area contributed by atoms with E-state index in [1.807, 2.05) is 23.9 Å². The van der Waals surface area contributed by atoms with Crippen LogP contribution in [0.15, 0.2) is 47.9 Å². The van der Waals surface area contributed by atoms with Gasteiger partial charge in [-0.3, -0.25) is 0 Å². The maximum Gasteiger partial charge on any atom is 0.329 e. The van der Waals surface area contributed by atoms with E-state index in [0.717, 1.165) is 5.16 Å². The molecule has 3 N–H and O–H groups in total. The Morgan fingerprint density at radius 2 is 2.16 bits per heavy atom. The fraction of sp³-hybridized carbons (Fsp3) is 0.231. The first-order valence-electron chi connectivity index (χ1n) is 5.72. The van der Waals surface area contributed by atoms with Crippen molar-refractivity contribution >= 4 is 17.7 Å². The largest absolute Gasteiger partial charge is 0.480 e. The monoisotopic (exact) mass is 277 g/mol. The van der Waals surface area contributed by atoms with E-state index in [1.54, 1.807) is 30.5 Å². The molecule has 1 heterocycles. The molecule has 19 heavy (non-hydrogen) atoms. The van der Waals surface area contributed by atoms with Crippen LogP contribution >= 0.6 is 11.8 Å². The van der Waals surface area contributed by atoms with E-state index >= 15 is 0 Å². The molecule has 0 bridgehead atoms. The van der Waals surface area contributed by atoms with Crippen LogP contribution in [-0.2, 0) is 17.4 Å². The average molecular weight is 277 g/mol. The Hall–Kier alpha value is -1.79. The standard InChI is InChI=1S/C13H15N3O2S/c1-16-8-7-15-12(16)19-9-13(14,11(17)18)10-5-3-2-4-6-10/h2-8H,9,14H2,1H3,(H,17,18). The lowest BCUT2D eigenvalue weighted by atomic mass is 9.93. The first-order valence-corrected chi connectivity index (χ1v) is 6.70. The minimum absolute atomic E-state index is 0.219. The van der Waals surface area contributed by atoms with E-state index < -0.39 is 11.5 Å². The Labute approximate surface area is 115 Å². The van der Waals surface area contributed by atoms with Gasteiger partial charge >= 0.3 is 5.97 Å². The van der Waals surface area contributed by atoms with Crippen molar-refractivity contribution in [2.24, 2.45) is 12.8 Å². The molecular formula is C13H15N3O2S. The molecule has 0 fully saturated rings. The van der Waals surface area contributed by atoms with Crippen molar-refractivity contribution in [3.05, 3.63) is 48.3 Å². The Morgan fingerprint density at radius 1 is 1.47 bits per heavy atom. The van der Waals surface area contributed by atoms with Crippen molar-refractivity contribution in [2.75, 3.05) is 5.75 Å². The maximum atomic E-state index is 11.5. The summed E-state index contributed by atoms with van der Waals surface area (Å²) in [6.07, 6.45) is 3.48. The minimum atomic E-state index is -1.42. The predicted octanol–water partition coefficient (Wildman–Crippen LogP) is 1.45. The fourth-order valence-corrected chi connectivity index (χ4v) is 2.72. The van der Waals surface area contributed by atoms with E-state index in [4.69, 9.17) is 5.73 Å². The molecule has 1 atom stereocenters. The summed E-state index contributed by atoms with van der Waals surface area (Å²) in [6, 6.07) is 8.86. The lowest BCUT2D eigenvalue weighted by Gasteiger charge is -2.24. The molecule has 2 aromatic rings. The Kier molecular flexibility index (Phi) is 3.92. The molecule has 0 radical (unpaired) electrons. The summed E-state index contributed by atoms with van der Waals surface area (Å²) in [5.74, 6) is -0.822. The second-order valence-electron chi connectivity index (χ2n) is 4.25. The third-order valence-corrected chi connectivity index (χ3v) is 4.13. The van der Waals surface area contributed by atoms with Crippen molar-refractivity contribution in [2.45, 2.75) is 10.7 Å². The molecule has 0 saturated heterocycles. The van der Waals surface area contributed by atoms with Gasteiger partial charge in [0.1, 0.15) is 5.54 Å². The van der Waals surface area contributed by atoms with Gasteiger partial charge in [-0.25, -0.2) is 9.78 Å². The summed E-state index contributed by atoms with van der Waals surface area (Å²) in [7, 11) is 1.86. The van der Waals surface area contributed by atoms with Gasteiger partial charge < -0.3 is 15.4 Å². The summed E-state index contributed by atoms with van der Waals surface area (Å²) in [4.78, 5) is 15.6. The number of carboxylic acid groups (broad SMARTS) is 1. The molecule has 100 valence electrons. The van der Waals surface area contributed by atoms with Crippen molar-refractivity contribution in [3.8, 4) is 0 Å². The molecule has 0 aliphatic carbocycles. The van der Waals surface area contributed by atoms with Gasteiger partial charge in [-0.15, -0.1) is 0 Å². The van der Waals surface area contributed by atoms with Crippen LogP contribution in [0.2, 0.25) is 0 Å². The minimum Gasteiger partial charge on any atom is -0.480 e. The summed E-state index contributed by atoms with van der Waals surface area (Å²) >= 11 is 1.33. The molecule has 0 saturated carbocycles. The van der Waals surface area contributed by atoms with E-state index in [-0.39, 0.29) is 5.75 Å². The highest BCUT2D eigenvalue weighted by atomic mass is 32.2. The summed E-state index contributed by atoms with van der Waals surface area (Å²) in [5, 5.41) is 10.2. The van der Waals surface area contributed by atoms with E-state index in [9.17, 15) is 9.90 Å². The van der Waals surface area contributed by atoms with Crippen molar-refractivity contribution < 1.29 is 9.90 Å². The third-order valence-electron chi connectivity index (χ3n) is 2.88. The number of hydrogen-bond donors (Lipinski definition) is 2. The second-order valence-corrected chi connectivity index (χ2v) is 5.19. The van der Waals surface area contributed by atoms with Crippen molar-refractivity contribution in [3.63, 3.8) is 0 Å². The molecule has 1 aromatic carbocycles. The molecule has 5 nitrogen and oxygen atoms in total. The van der Waals surface area contributed by atoms with Crippen LogP contribution in [0.5, 0.6) is 0 Å². The van der Waals surface area contributed by atoms with Gasteiger partial charge in [0.25, 0.3) is 0 Å². The number of nitrogens with zero attached hydrogens (tertiary/aromatic N) is 2. The quantitative estimate of drug-likeness (QED) is 0.808. The van der Waals surface area contributed by atoms with Gasteiger partial charge in [0.15, 0.2) is 5.16 Å². The molecule has 1 unspecified atom stereocenters. The van der Waals surface area contributed by atoms with Crippen LogP contribution in [0, 0.1) is 0 Å². The Morgan fingerprint density at radius 3 is 2.68 bits per heavy atom. The molecule has 1 aromatic heterocycles. The molecular weight excluding hydrogens is 262 g/mol. The third kappa shape index (κ3) is 2.80. The SMILES string of the molecule is Cn1ccnc1SCC(N)(C(=O)O)c1ccccc1. The number of rotatable bonds is 5. The van der Waals surface area contributed by atoms with Crippen LogP contribution in [0.1, 0.15) is 5.56 Å². The first kappa shape index (κ1) is 13.6. The molecule has 0 aliphatic heterocycles. The number of aromatic nitrogens is 2. The van der Waals surface area contributed by atoms with Crippen LogP contribution < -0.4 is 5.73 Å². The zero-order chi connectivity index (χ0) is 13.9. The molecule has 2 rings (SSSR count). The number of aryl methyl sites for hydroxylation is 1. The zero-order valence-corrected chi connectivity index (χ0v) is 11.3. The summed E-state index contributed by atoms with van der Waals surface area (Å²) in [6.45, 7) is 0. The summed E-state index contributed by atoms with van der Waals surface area (Å²) in [5.41, 5.74) is 5.24. The van der Waals surface area contributed by atoms with Crippen LogP contribution in [0.25, 0.3) is 0 Å². The van der Waals surface area contributed by atoms with E-state index in [0.29, 0.717) is 5.56 Å².